The molecule has 1 fully saturated rings. The van der Waals surface area contributed by atoms with Crippen molar-refractivity contribution in [2.45, 2.75) is 32.0 Å². The van der Waals surface area contributed by atoms with Gasteiger partial charge in [-0.05, 0) is 49.1 Å². The van der Waals surface area contributed by atoms with E-state index in [2.05, 4.69) is 17.0 Å². The minimum Gasteiger partial charge on any atom is -0.478 e. The number of carboxylic acid groups (broad SMARTS) is 1. The quantitative estimate of drug-likeness (QED) is 0.695. The van der Waals surface area contributed by atoms with Gasteiger partial charge >= 0.3 is 5.97 Å². The van der Waals surface area contributed by atoms with Gasteiger partial charge in [0.05, 0.1) is 30.2 Å². The molecule has 0 spiro atoms. The second-order valence-corrected chi connectivity index (χ2v) is 7.14. The summed E-state index contributed by atoms with van der Waals surface area (Å²) >= 11 is 0. The van der Waals surface area contributed by atoms with E-state index in [1.807, 2.05) is 6.07 Å². The van der Waals surface area contributed by atoms with Crippen molar-refractivity contribution in [1.29, 1.82) is 0 Å². The molecule has 0 unspecified atom stereocenters. The molecule has 7 nitrogen and oxygen atoms in total. The maximum Gasteiger partial charge on any atom is 0.335 e. The number of hydrogen-bond donors (Lipinski definition) is 2. The summed E-state index contributed by atoms with van der Waals surface area (Å²) in [4.78, 5) is 15.4. The van der Waals surface area contributed by atoms with Crippen molar-refractivity contribution in [2.75, 3.05) is 6.61 Å². The molecule has 1 aliphatic rings. The minimum absolute atomic E-state index is 0.217. The first-order valence-corrected chi connectivity index (χ1v) is 8.98. The molecule has 27 heavy (non-hydrogen) atoms. The smallest absolute Gasteiger partial charge is 0.335 e. The Kier molecular flexibility index (Phi) is 4.63. The number of aromatic nitrogens is 3. The Morgan fingerprint density at radius 1 is 1.30 bits per heavy atom. The molecule has 0 amide bonds. The van der Waals surface area contributed by atoms with Crippen molar-refractivity contribution in [3.8, 4) is 5.69 Å². The Balaban J connectivity index is 1.51. The normalized spacial score (nSPS) is 20.4. The fraction of sp³-hybridized carbons (Fsp3) is 0.350. The van der Waals surface area contributed by atoms with Crippen LogP contribution in [-0.2, 0) is 4.74 Å². The van der Waals surface area contributed by atoms with Crippen LogP contribution in [0.25, 0.3) is 16.7 Å². The second-order valence-electron chi connectivity index (χ2n) is 7.14. The number of aliphatic hydroxyl groups excluding tert-OH is 1. The SMILES string of the molecule is CC1CC(OC[C@H](O)c2cnc3c(cnn3-c3ccc(C(=O)O)cc3)c2)C1. The van der Waals surface area contributed by atoms with Crippen LogP contribution in [0.4, 0.5) is 0 Å². The summed E-state index contributed by atoms with van der Waals surface area (Å²) in [6.45, 7) is 2.45. The van der Waals surface area contributed by atoms with E-state index in [1.54, 1.807) is 29.2 Å². The van der Waals surface area contributed by atoms with Crippen LogP contribution < -0.4 is 0 Å². The van der Waals surface area contributed by atoms with E-state index in [1.165, 1.54) is 12.1 Å². The highest BCUT2D eigenvalue weighted by molar-refractivity contribution is 5.87. The lowest BCUT2D eigenvalue weighted by atomic mass is 9.84. The van der Waals surface area contributed by atoms with Gasteiger partial charge in [-0.2, -0.15) is 5.10 Å². The van der Waals surface area contributed by atoms with E-state index in [4.69, 9.17) is 9.84 Å². The van der Waals surface area contributed by atoms with Crippen LogP contribution in [0.5, 0.6) is 0 Å². The molecule has 4 rings (SSSR count). The van der Waals surface area contributed by atoms with E-state index in [-0.39, 0.29) is 18.3 Å². The van der Waals surface area contributed by atoms with Crippen molar-refractivity contribution in [3.05, 3.63) is 53.9 Å². The number of pyridine rings is 1. The van der Waals surface area contributed by atoms with Crippen molar-refractivity contribution in [1.82, 2.24) is 14.8 Å². The topological polar surface area (TPSA) is 97.5 Å². The summed E-state index contributed by atoms with van der Waals surface area (Å²) in [5.41, 5.74) is 2.27. The molecule has 1 aliphatic carbocycles. The number of rotatable bonds is 6. The van der Waals surface area contributed by atoms with Gasteiger partial charge in [0.25, 0.3) is 0 Å². The zero-order chi connectivity index (χ0) is 19.0. The molecule has 1 atom stereocenters. The molecule has 1 aromatic carbocycles. The summed E-state index contributed by atoms with van der Waals surface area (Å²) in [5, 5.41) is 24.5. The number of hydrogen-bond acceptors (Lipinski definition) is 5. The van der Waals surface area contributed by atoms with Crippen LogP contribution in [0.1, 0.15) is 41.8 Å². The molecule has 2 aromatic heterocycles. The van der Waals surface area contributed by atoms with Crippen molar-refractivity contribution in [2.24, 2.45) is 5.92 Å². The average Bonchev–Trinajstić information content (AvgIpc) is 3.07. The van der Waals surface area contributed by atoms with Gasteiger partial charge < -0.3 is 14.9 Å². The zero-order valence-electron chi connectivity index (χ0n) is 14.9. The molecule has 2 heterocycles. The number of carbonyl (C=O) groups is 1. The van der Waals surface area contributed by atoms with Crippen LogP contribution in [0.2, 0.25) is 0 Å². The first-order chi connectivity index (χ1) is 13.0. The van der Waals surface area contributed by atoms with E-state index in [0.29, 0.717) is 17.1 Å². The first kappa shape index (κ1) is 17.6. The number of aromatic carboxylic acids is 1. The second kappa shape index (κ2) is 7.09. The molecule has 0 saturated heterocycles. The summed E-state index contributed by atoms with van der Waals surface area (Å²) < 4.78 is 7.38. The molecule has 3 aromatic rings. The van der Waals surface area contributed by atoms with Crippen LogP contribution in [0.15, 0.2) is 42.7 Å². The van der Waals surface area contributed by atoms with Crippen LogP contribution in [0, 0.1) is 5.92 Å². The molecule has 1 saturated carbocycles. The van der Waals surface area contributed by atoms with Gasteiger partial charge in [0.2, 0.25) is 0 Å². The van der Waals surface area contributed by atoms with Gasteiger partial charge in [-0.1, -0.05) is 6.92 Å². The molecule has 140 valence electrons. The lowest BCUT2D eigenvalue weighted by Crippen LogP contribution is -2.30. The number of aliphatic hydroxyl groups is 1. The Morgan fingerprint density at radius 3 is 2.70 bits per heavy atom. The molecule has 0 bridgehead atoms. The van der Waals surface area contributed by atoms with Crippen LogP contribution >= 0.6 is 0 Å². The van der Waals surface area contributed by atoms with Crippen LogP contribution in [-0.4, -0.2) is 43.7 Å². The van der Waals surface area contributed by atoms with Gasteiger partial charge in [-0.25, -0.2) is 14.5 Å². The number of benzene rings is 1. The predicted octanol–water partition coefficient (Wildman–Crippen LogP) is 2.97. The van der Waals surface area contributed by atoms with Crippen molar-refractivity contribution >= 4 is 17.0 Å². The highest BCUT2D eigenvalue weighted by atomic mass is 16.5. The largest absolute Gasteiger partial charge is 0.478 e. The fourth-order valence-electron chi connectivity index (χ4n) is 3.34. The Morgan fingerprint density at radius 2 is 2.04 bits per heavy atom. The molecular formula is C20H21N3O4. The summed E-state index contributed by atoms with van der Waals surface area (Å²) in [6, 6.07) is 8.29. The maximum atomic E-state index is 11.0. The van der Waals surface area contributed by atoms with E-state index in [0.717, 1.165) is 23.9 Å². The van der Waals surface area contributed by atoms with Gasteiger partial charge in [0.1, 0.15) is 6.10 Å². The average molecular weight is 367 g/mol. The Bertz CT molecular complexity index is 961. The number of fused-ring (bicyclic) bond motifs is 1. The van der Waals surface area contributed by atoms with Crippen molar-refractivity contribution in [3.63, 3.8) is 0 Å². The van der Waals surface area contributed by atoms with E-state index >= 15 is 0 Å². The monoisotopic (exact) mass is 367 g/mol. The van der Waals surface area contributed by atoms with Gasteiger partial charge in [0, 0.05) is 17.1 Å². The third kappa shape index (κ3) is 3.56. The van der Waals surface area contributed by atoms with Gasteiger partial charge in [0.15, 0.2) is 5.65 Å². The van der Waals surface area contributed by atoms with Crippen LogP contribution in [0.3, 0.4) is 0 Å². The van der Waals surface area contributed by atoms with E-state index in [9.17, 15) is 9.90 Å². The van der Waals surface area contributed by atoms with Gasteiger partial charge in [-0.3, -0.25) is 0 Å². The molecule has 0 aliphatic heterocycles. The molecular weight excluding hydrogens is 346 g/mol. The Hall–Kier alpha value is -2.77. The molecule has 7 heteroatoms. The molecule has 2 N–H and O–H groups in total. The molecule has 0 radical (unpaired) electrons. The highest BCUT2D eigenvalue weighted by Gasteiger charge is 2.26. The maximum absolute atomic E-state index is 11.0. The third-order valence-electron chi connectivity index (χ3n) is 4.99. The zero-order valence-corrected chi connectivity index (χ0v) is 14.9. The number of ether oxygens (including phenoxy) is 1. The summed E-state index contributed by atoms with van der Waals surface area (Å²) in [7, 11) is 0. The van der Waals surface area contributed by atoms with Crippen molar-refractivity contribution < 1.29 is 19.7 Å². The standard InChI is InChI=1S/C20H21N3O4/c1-12-6-17(7-12)27-11-18(24)14-8-15-10-22-23(19(15)21-9-14)16-4-2-13(3-5-16)20(25)26/h2-5,8-10,12,17-18,24H,6-7,11H2,1H3,(H,25,26)/t12?,17?,18-/m0/s1. The lowest BCUT2D eigenvalue weighted by molar-refractivity contribution is -0.0616. The first-order valence-electron chi connectivity index (χ1n) is 8.98. The minimum atomic E-state index is -0.970. The lowest BCUT2D eigenvalue weighted by Gasteiger charge is -2.33. The summed E-state index contributed by atoms with van der Waals surface area (Å²) in [6.07, 6.45) is 4.94. The van der Waals surface area contributed by atoms with E-state index < -0.39 is 12.1 Å². The fourth-order valence-corrected chi connectivity index (χ4v) is 3.34. The predicted molar refractivity (Wildman–Crippen MR) is 98.9 cm³/mol. The Labute approximate surface area is 156 Å². The highest BCUT2D eigenvalue weighted by Crippen LogP contribution is 2.30. The number of carboxylic acids is 1. The number of nitrogens with zero attached hydrogens (tertiary/aromatic N) is 3. The third-order valence-corrected chi connectivity index (χ3v) is 4.99. The summed E-state index contributed by atoms with van der Waals surface area (Å²) in [5.74, 6) is -0.261. The van der Waals surface area contributed by atoms with Gasteiger partial charge in [-0.15, -0.1) is 0 Å².